The van der Waals surface area contributed by atoms with Crippen molar-refractivity contribution in [1.29, 1.82) is 0 Å². The molecule has 4 heteroatoms. The quantitative estimate of drug-likeness (QED) is 0.868. The molecule has 1 aromatic carbocycles. The number of nitrogens with one attached hydrogen (secondary N) is 1. The number of aromatic nitrogens is 1. The number of thiazole rings is 1. The third kappa shape index (κ3) is 1.78. The Balaban J connectivity index is 1.88. The largest absolute Gasteiger partial charge is 0.358 e. The smallest absolute Gasteiger partial charge is 0.184 e. The summed E-state index contributed by atoms with van der Waals surface area (Å²) in [6, 6.07) is 6.40. The number of nitrogens with zero attached hydrogens (tertiary/aromatic N) is 1. The number of rotatable bonds is 2. The van der Waals surface area contributed by atoms with Crippen LogP contribution >= 0.6 is 22.9 Å². The van der Waals surface area contributed by atoms with Crippen LogP contribution in [0.2, 0.25) is 5.02 Å². The number of fused-ring (bicyclic) bond motifs is 1. The van der Waals surface area contributed by atoms with E-state index in [4.69, 9.17) is 11.6 Å². The maximum atomic E-state index is 5.95. The van der Waals surface area contributed by atoms with Crippen LogP contribution in [0.1, 0.15) is 20.3 Å². The van der Waals surface area contributed by atoms with Gasteiger partial charge in [-0.1, -0.05) is 36.8 Å². The summed E-state index contributed by atoms with van der Waals surface area (Å²) in [6.45, 7) is 4.55. The summed E-state index contributed by atoms with van der Waals surface area (Å²) in [7, 11) is 0. The molecule has 1 aliphatic rings. The normalized spacial score (nSPS) is 22.3. The van der Waals surface area contributed by atoms with Crippen molar-refractivity contribution in [3.63, 3.8) is 0 Å². The molecule has 2 aromatic rings. The lowest BCUT2D eigenvalue weighted by Crippen LogP contribution is -2.07. The molecule has 1 unspecified atom stereocenters. The van der Waals surface area contributed by atoms with Crippen LogP contribution in [-0.2, 0) is 0 Å². The second-order valence-corrected chi connectivity index (χ2v) is 6.49. The highest BCUT2D eigenvalue weighted by atomic mass is 35.5. The average molecular weight is 253 g/mol. The Labute approximate surface area is 104 Å². The summed E-state index contributed by atoms with van der Waals surface area (Å²) in [5.74, 6) is 0. The minimum Gasteiger partial charge on any atom is -0.358 e. The van der Waals surface area contributed by atoms with Gasteiger partial charge in [-0.3, -0.25) is 0 Å². The van der Waals surface area contributed by atoms with Crippen LogP contribution < -0.4 is 5.32 Å². The molecule has 1 aliphatic carbocycles. The molecule has 3 rings (SSSR count). The topological polar surface area (TPSA) is 24.9 Å². The molecule has 0 radical (unpaired) electrons. The zero-order valence-corrected chi connectivity index (χ0v) is 10.8. The molecule has 16 heavy (non-hydrogen) atoms. The zero-order valence-electron chi connectivity index (χ0n) is 9.25. The third-order valence-corrected chi connectivity index (χ3v) is 4.35. The molecule has 0 amide bonds. The molecule has 1 fully saturated rings. The summed E-state index contributed by atoms with van der Waals surface area (Å²) in [6.07, 6.45) is 1.23. The molecule has 1 saturated carbocycles. The van der Waals surface area contributed by atoms with Crippen LogP contribution in [0.3, 0.4) is 0 Å². The van der Waals surface area contributed by atoms with Crippen LogP contribution in [0, 0.1) is 5.41 Å². The van der Waals surface area contributed by atoms with E-state index in [2.05, 4.69) is 24.1 Å². The van der Waals surface area contributed by atoms with Gasteiger partial charge in [-0.25, -0.2) is 4.98 Å². The van der Waals surface area contributed by atoms with E-state index in [0.717, 1.165) is 20.4 Å². The Kier molecular flexibility index (Phi) is 2.17. The highest BCUT2D eigenvalue weighted by Gasteiger charge is 2.46. The van der Waals surface area contributed by atoms with E-state index in [1.807, 2.05) is 18.2 Å². The Morgan fingerprint density at radius 3 is 2.94 bits per heavy atom. The molecule has 1 atom stereocenters. The van der Waals surface area contributed by atoms with Gasteiger partial charge in [-0.2, -0.15) is 0 Å². The maximum absolute atomic E-state index is 5.95. The molecule has 1 aromatic heterocycles. The lowest BCUT2D eigenvalue weighted by atomic mass is 10.2. The van der Waals surface area contributed by atoms with Gasteiger partial charge in [0.15, 0.2) is 5.13 Å². The van der Waals surface area contributed by atoms with Gasteiger partial charge in [-0.05, 0) is 30.0 Å². The van der Waals surface area contributed by atoms with Crippen LogP contribution in [-0.4, -0.2) is 11.0 Å². The fourth-order valence-electron chi connectivity index (χ4n) is 1.82. The van der Waals surface area contributed by atoms with E-state index in [0.29, 0.717) is 11.5 Å². The van der Waals surface area contributed by atoms with Gasteiger partial charge in [0.1, 0.15) is 0 Å². The van der Waals surface area contributed by atoms with Crippen molar-refractivity contribution in [3.8, 4) is 0 Å². The molecule has 0 spiro atoms. The Morgan fingerprint density at radius 1 is 1.50 bits per heavy atom. The molecular formula is C12H13ClN2S. The van der Waals surface area contributed by atoms with Crippen LogP contribution in [0.4, 0.5) is 5.13 Å². The van der Waals surface area contributed by atoms with E-state index in [9.17, 15) is 0 Å². The van der Waals surface area contributed by atoms with Crippen molar-refractivity contribution < 1.29 is 0 Å². The van der Waals surface area contributed by atoms with E-state index in [1.165, 1.54) is 6.42 Å². The summed E-state index contributed by atoms with van der Waals surface area (Å²) >= 11 is 7.62. The summed E-state index contributed by atoms with van der Waals surface area (Å²) in [5, 5.41) is 5.26. The van der Waals surface area contributed by atoms with Gasteiger partial charge >= 0.3 is 0 Å². The minimum absolute atomic E-state index is 0.426. The highest BCUT2D eigenvalue weighted by molar-refractivity contribution is 7.22. The summed E-state index contributed by atoms with van der Waals surface area (Å²) in [5.41, 5.74) is 1.45. The number of halogens is 1. The van der Waals surface area contributed by atoms with E-state index in [-0.39, 0.29) is 0 Å². The monoisotopic (exact) mass is 252 g/mol. The number of benzene rings is 1. The van der Waals surface area contributed by atoms with Crippen molar-refractivity contribution in [1.82, 2.24) is 4.98 Å². The summed E-state index contributed by atoms with van der Waals surface area (Å²) in [4.78, 5) is 4.55. The molecule has 0 bridgehead atoms. The molecule has 1 heterocycles. The highest BCUT2D eigenvalue weighted by Crippen LogP contribution is 2.47. The van der Waals surface area contributed by atoms with Crippen molar-refractivity contribution in [3.05, 3.63) is 23.2 Å². The molecule has 84 valence electrons. The Morgan fingerprint density at radius 2 is 2.25 bits per heavy atom. The average Bonchev–Trinajstić information content (AvgIpc) is 2.64. The predicted octanol–water partition coefficient (Wildman–Crippen LogP) is 4.16. The lowest BCUT2D eigenvalue weighted by molar-refractivity contribution is 0.630. The minimum atomic E-state index is 0.426. The van der Waals surface area contributed by atoms with Gasteiger partial charge in [0.2, 0.25) is 0 Å². The number of hydrogen-bond acceptors (Lipinski definition) is 3. The van der Waals surface area contributed by atoms with E-state index >= 15 is 0 Å². The molecule has 0 aliphatic heterocycles. The standard InChI is InChI=1S/C12H13ClN2S/c1-12(2)6-10(12)15-11-14-8-4-3-7(13)5-9(8)16-11/h3-5,10H,6H2,1-2H3,(H,14,15). The third-order valence-electron chi connectivity index (χ3n) is 3.16. The van der Waals surface area contributed by atoms with Crippen LogP contribution in [0.25, 0.3) is 10.2 Å². The van der Waals surface area contributed by atoms with E-state index in [1.54, 1.807) is 11.3 Å². The van der Waals surface area contributed by atoms with Crippen molar-refractivity contribution in [2.24, 2.45) is 5.41 Å². The fourth-order valence-corrected chi connectivity index (χ4v) is 3.02. The van der Waals surface area contributed by atoms with Gasteiger partial charge in [0.25, 0.3) is 0 Å². The van der Waals surface area contributed by atoms with Crippen molar-refractivity contribution >= 4 is 38.3 Å². The molecule has 0 saturated heterocycles. The first-order valence-corrected chi connectivity index (χ1v) is 6.57. The first-order chi connectivity index (χ1) is 7.54. The second kappa shape index (κ2) is 3.34. The van der Waals surface area contributed by atoms with Crippen LogP contribution in [0.5, 0.6) is 0 Å². The molecule has 2 nitrogen and oxygen atoms in total. The number of hydrogen-bond donors (Lipinski definition) is 1. The van der Waals surface area contributed by atoms with Crippen LogP contribution in [0.15, 0.2) is 18.2 Å². The fraction of sp³-hybridized carbons (Fsp3) is 0.417. The van der Waals surface area contributed by atoms with Gasteiger partial charge in [0, 0.05) is 11.1 Å². The Bertz CT molecular complexity index is 547. The van der Waals surface area contributed by atoms with Gasteiger partial charge < -0.3 is 5.32 Å². The summed E-state index contributed by atoms with van der Waals surface area (Å²) < 4.78 is 1.15. The Hall–Kier alpha value is -0.800. The first kappa shape index (κ1) is 10.4. The number of anilines is 1. The van der Waals surface area contributed by atoms with Crippen molar-refractivity contribution in [2.45, 2.75) is 26.3 Å². The van der Waals surface area contributed by atoms with E-state index < -0.39 is 0 Å². The van der Waals surface area contributed by atoms with Gasteiger partial charge in [0.05, 0.1) is 10.2 Å². The lowest BCUT2D eigenvalue weighted by Gasteiger charge is -2.03. The maximum Gasteiger partial charge on any atom is 0.184 e. The zero-order chi connectivity index (χ0) is 11.3. The first-order valence-electron chi connectivity index (χ1n) is 5.37. The van der Waals surface area contributed by atoms with Gasteiger partial charge in [-0.15, -0.1) is 0 Å². The molecule has 1 N–H and O–H groups in total. The predicted molar refractivity (Wildman–Crippen MR) is 70.4 cm³/mol. The molecular weight excluding hydrogens is 240 g/mol. The second-order valence-electron chi connectivity index (χ2n) is 5.02. The van der Waals surface area contributed by atoms with Crippen molar-refractivity contribution in [2.75, 3.05) is 5.32 Å². The SMILES string of the molecule is CC1(C)CC1Nc1nc2ccc(Cl)cc2s1.